The molecular weight excluding hydrogens is 389 g/mol. The Labute approximate surface area is 133 Å². The summed E-state index contributed by atoms with van der Waals surface area (Å²) in [4.78, 5) is 0. The summed E-state index contributed by atoms with van der Waals surface area (Å²) in [5.41, 5.74) is 8.13. The van der Waals surface area contributed by atoms with Crippen molar-refractivity contribution in [2.24, 2.45) is 5.73 Å². The zero-order chi connectivity index (χ0) is 14.3. The maximum Gasteiger partial charge on any atom is 0.137 e. The van der Waals surface area contributed by atoms with E-state index in [0.29, 0.717) is 10.9 Å². The van der Waals surface area contributed by atoms with Gasteiger partial charge >= 0.3 is 0 Å². The summed E-state index contributed by atoms with van der Waals surface area (Å²) in [6.07, 6.45) is 0.510. The van der Waals surface area contributed by atoms with E-state index in [1.165, 1.54) is 6.07 Å². The summed E-state index contributed by atoms with van der Waals surface area (Å²) < 4.78 is 20.7. The van der Waals surface area contributed by atoms with Gasteiger partial charge < -0.3 is 10.5 Å². The van der Waals surface area contributed by atoms with Gasteiger partial charge in [0.15, 0.2) is 0 Å². The number of ether oxygens (including phenoxy) is 1. The van der Waals surface area contributed by atoms with Crippen LogP contribution in [-0.4, -0.2) is 0 Å². The average molecular weight is 401 g/mol. The van der Waals surface area contributed by atoms with E-state index in [4.69, 9.17) is 10.5 Å². The highest BCUT2D eigenvalue weighted by molar-refractivity contribution is 9.10. The topological polar surface area (TPSA) is 35.2 Å². The lowest BCUT2D eigenvalue weighted by Gasteiger charge is -2.30. The van der Waals surface area contributed by atoms with Crippen molar-refractivity contribution in [1.82, 2.24) is 0 Å². The summed E-state index contributed by atoms with van der Waals surface area (Å²) >= 11 is 6.63. The average Bonchev–Trinajstić information content (AvgIpc) is 2.41. The Morgan fingerprint density at radius 1 is 1.15 bits per heavy atom. The van der Waals surface area contributed by atoms with Crippen LogP contribution in [0.3, 0.4) is 0 Å². The summed E-state index contributed by atoms with van der Waals surface area (Å²) in [6, 6.07) is 10.7. The predicted octanol–water partition coefficient (Wildman–Crippen LogP) is 4.87. The molecule has 0 amide bonds. The quantitative estimate of drug-likeness (QED) is 0.740. The van der Waals surface area contributed by atoms with Crippen molar-refractivity contribution in [3.63, 3.8) is 0 Å². The van der Waals surface area contributed by atoms with Crippen LogP contribution in [0.2, 0.25) is 0 Å². The van der Waals surface area contributed by atoms with Crippen LogP contribution >= 0.6 is 31.9 Å². The van der Waals surface area contributed by atoms with Gasteiger partial charge in [0.2, 0.25) is 0 Å². The largest absolute Gasteiger partial charge is 0.485 e. The molecule has 0 aliphatic carbocycles. The molecular formula is C15H12Br2FNO. The second-order valence-electron chi connectivity index (χ2n) is 4.80. The number of hydrogen-bond donors (Lipinski definition) is 1. The van der Waals surface area contributed by atoms with Crippen molar-refractivity contribution in [2.45, 2.75) is 18.6 Å². The lowest BCUT2D eigenvalue weighted by molar-refractivity contribution is 0.161. The predicted molar refractivity (Wildman–Crippen MR) is 83.2 cm³/mol. The van der Waals surface area contributed by atoms with E-state index in [0.717, 1.165) is 21.3 Å². The lowest BCUT2D eigenvalue weighted by Crippen LogP contribution is -2.24. The second kappa shape index (κ2) is 5.47. The molecule has 2 aromatic carbocycles. The Morgan fingerprint density at radius 3 is 2.70 bits per heavy atom. The monoisotopic (exact) mass is 399 g/mol. The van der Waals surface area contributed by atoms with Crippen LogP contribution in [0.4, 0.5) is 4.39 Å². The molecule has 1 heterocycles. The van der Waals surface area contributed by atoms with Crippen molar-refractivity contribution >= 4 is 31.9 Å². The lowest BCUT2D eigenvalue weighted by atomic mass is 9.94. The number of nitrogens with two attached hydrogens (primary N) is 1. The van der Waals surface area contributed by atoms with Crippen LogP contribution < -0.4 is 10.5 Å². The molecule has 1 aliphatic heterocycles. The van der Waals surface area contributed by atoms with Crippen LogP contribution in [0.15, 0.2) is 45.3 Å². The van der Waals surface area contributed by atoms with E-state index in [1.54, 1.807) is 12.1 Å². The highest BCUT2D eigenvalue weighted by atomic mass is 79.9. The molecule has 0 spiro atoms. The first-order chi connectivity index (χ1) is 9.54. The second-order valence-corrected chi connectivity index (χ2v) is 6.57. The van der Waals surface area contributed by atoms with Crippen LogP contribution in [-0.2, 0) is 0 Å². The van der Waals surface area contributed by atoms with Gasteiger partial charge in [0.1, 0.15) is 17.7 Å². The molecule has 0 aromatic heterocycles. The molecule has 1 unspecified atom stereocenters. The molecule has 5 heteroatoms. The molecule has 0 fully saturated rings. The number of rotatable bonds is 1. The van der Waals surface area contributed by atoms with E-state index >= 15 is 0 Å². The van der Waals surface area contributed by atoms with Gasteiger partial charge in [-0.25, -0.2) is 4.39 Å². The van der Waals surface area contributed by atoms with Crippen molar-refractivity contribution in [1.29, 1.82) is 0 Å². The van der Waals surface area contributed by atoms with Gasteiger partial charge in [-0.15, -0.1) is 0 Å². The molecule has 20 heavy (non-hydrogen) atoms. The molecule has 3 rings (SSSR count). The first-order valence-corrected chi connectivity index (χ1v) is 7.80. The molecule has 104 valence electrons. The van der Waals surface area contributed by atoms with Gasteiger partial charge in [-0.1, -0.05) is 28.1 Å². The Morgan fingerprint density at radius 2 is 1.95 bits per heavy atom. The van der Waals surface area contributed by atoms with E-state index in [2.05, 4.69) is 31.9 Å². The van der Waals surface area contributed by atoms with E-state index < -0.39 is 0 Å². The SMILES string of the molecule is N[C@@H]1CC(c2ccc(F)c(Br)c2)Oc2cc(Br)ccc21. The Balaban J connectivity index is 1.96. The summed E-state index contributed by atoms with van der Waals surface area (Å²) in [5.74, 6) is 0.501. The Kier molecular flexibility index (Phi) is 3.84. The highest BCUT2D eigenvalue weighted by Crippen LogP contribution is 2.41. The fourth-order valence-electron chi connectivity index (χ4n) is 2.39. The van der Waals surface area contributed by atoms with Gasteiger partial charge in [-0.2, -0.15) is 0 Å². The third-order valence-corrected chi connectivity index (χ3v) is 4.53. The minimum absolute atomic E-state index is 0.0827. The Bertz CT molecular complexity index is 662. The minimum Gasteiger partial charge on any atom is -0.485 e. The number of halogens is 3. The van der Waals surface area contributed by atoms with Gasteiger partial charge in [-0.05, 0) is 45.8 Å². The standard InChI is InChI=1S/C15H12Br2FNO/c16-9-2-3-10-13(19)7-14(20-15(10)6-9)8-1-4-12(18)11(17)5-8/h1-6,13-14H,7,19H2/t13-,14?/m1/s1. The van der Waals surface area contributed by atoms with Crippen LogP contribution in [0, 0.1) is 5.82 Å². The maximum atomic E-state index is 13.3. The van der Waals surface area contributed by atoms with Crippen LogP contribution in [0.1, 0.15) is 29.7 Å². The van der Waals surface area contributed by atoms with Gasteiger partial charge in [0.05, 0.1) is 4.47 Å². The minimum atomic E-state index is -0.281. The van der Waals surface area contributed by atoms with Crippen LogP contribution in [0.5, 0.6) is 5.75 Å². The summed E-state index contributed by atoms with van der Waals surface area (Å²) in [6.45, 7) is 0. The number of hydrogen-bond acceptors (Lipinski definition) is 2. The number of benzene rings is 2. The van der Waals surface area contributed by atoms with Crippen molar-refractivity contribution in [2.75, 3.05) is 0 Å². The van der Waals surface area contributed by atoms with Crippen molar-refractivity contribution in [3.05, 3.63) is 62.3 Å². The third kappa shape index (κ3) is 2.62. The van der Waals surface area contributed by atoms with Gasteiger partial charge in [0, 0.05) is 22.5 Å². The molecule has 0 radical (unpaired) electrons. The third-order valence-electron chi connectivity index (χ3n) is 3.43. The fourth-order valence-corrected chi connectivity index (χ4v) is 3.13. The fraction of sp³-hybridized carbons (Fsp3) is 0.200. The molecule has 2 atom stereocenters. The Hall–Kier alpha value is -0.910. The maximum absolute atomic E-state index is 13.3. The smallest absolute Gasteiger partial charge is 0.137 e. The molecule has 2 aromatic rings. The van der Waals surface area contributed by atoms with E-state index in [1.807, 2.05) is 18.2 Å². The zero-order valence-corrected chi connectivity index (χ0v) is 13.6. The summed E-state index contributed by atoms with van der Waals surface area (Å²) in [7, 11) is 0. The van der Waals surface area contributed by atoms with E-state index in [-0.39, 0.29) is 18.0 Å². The van der Waals surface area contributed by atoms with Crippen molar-refractivity contribution < 1.29 is 9.13 Å². The summed E-state index contributed by atoms with van der Waals surface area (Å²) in [5, 5.41) is 0. The van der Waals surface area contributed by atoms with Crippen LogP contribution in [0.25, 0.3) is 0 Å². The zero-order valence-electron chi connectivity index (χ0n) is 10.4. The highest BCUT2D eigenvalue weighted by Gasteiger charge is 2.27. The first kappa shape index (κ1) is 14.0. The molecule has 2 nitrogen and oxygen atoms in total. The van der Waals surface area contributed by atoms with Gasteiger partial charge in [0.25, 0.3) is 0 Å². The molecule has 2 N–H and O–H groups in total. The molecule has 0 saturated carbocycles. The van der Waals surface area contributed by atoms with Crippen molar-refractivity contribution in [3.8, 4) is 5.75 Å². The molecule has 0 bridgehead atoms. The number of fused-ring (bicyclic) bond motifs is 1. The van der Waals surface area contributed by atoms with E-state index in [9.17, 15) is 4.39 Å². The molecule has 1 aliphatic rings. The first-order valence-electron chi connectivity index (χ1n) is 6.21. The normalized spacial score (nSPS) is 21.2. The van der Waals surface area contributed by atoms with Gasteiger partial charge in [-0.3, -0.25) is 0 Å². The molecule has 0 saturated heterocycles.